The average Bonchev–Trinajstić information content (AvgIpc) is 2.53. The summed E-state index contributed by atoms with van der Waals surface area (Å²) in [5.41, 5.74) is -1.49. The molecule has 1 unspecified atom stereocenters. The molecule has 0 aliphatic carbocycles. The predicted molar refractivity (Wildman–Crippen MR) is 84.9 cm³/mol. The summed E-state index contributed by atoms with van der Waals surface area (Å²) >= 11 is 0. The number of alkyl halides is 9. The van der Waals surface area contributed by atoms with E-state index >= 15 is 0 Å². The van der Waals surface area contributed by atoms with Crippen molar-refractivity contribution in [3.63, 3.8) is 0 Å². The molecule has 0 bridgehead atoms. The van der Waals surface area contributed by atoms with Gasteiger partial charge in [0.2, 0.25) is 0 Å². The lowest BCUT2D eigenvalue weighted by molar-refractivity contribution is -0.400. The van der Waals surface area contributed by atoms with Crippen molar-refractivity contribution in [1.82, 2.24) is 0 Å². The molecular formula is C18H21F9O. The quantitative estimate of drug-likeness (QED) is 0.427. The molecule has 0 spiro atoms. The van der Waals surface area contributed by atoms with Crippen LogP contribution in [0, 0.1) is 5.92 Å². The molecule has 0 N–H and O–H groups in total. The molecule has 0 fully saturated rings. The molecule has 0 amide bonds. The number of hydrogen-bond acceptors (Lipinski definition) is 1. The highest BCUT2D eigenvalue weighted by atomic mass is 19.4. The van der Waals surface area contributed by atoms with Crippen molar-refractivity contribution in [2.75, 3.05) is 7.11 Å². The minimum atomic E-state index is -6.92. The van der Waals surface area contributed by atoms with Crippen LogP contribution in [0.15, 0.2) is 24.3 Å². The molecule has 0 aliphatic rings. The van der Waals surface area contributed by atoms with Crippen LogP contribution in [0.2, 0.25) is 0 Å². The first-order valence-electron chi connectivity index (χ1n) is 8.26. The zero-order valence-corrected chi connectivity index (χ0v) is 15.6. The fraction of sp³-hybridized carbons (Fsp3) is 0.667. The fourth-order valence-corrected chi connectivity index (χ4v) is 2.70. The van der Waals surface area contributed by atoms with Gasteiger partial charge in [-0.2, -0.15) is 39.5 Å². The third kappa shape index (κ3) is 4.58. The second-order valence-corrected chi connectivity index (χ2v) is 7.26. The van der Waals surface area contributed by atoms with Crippen molar-refractivity contribution >= 4 is 0 Å². The van der Waals surface area contributed by atoms with Crippen LogP contribution in [0.4, 0.5) is 39.5 Å². The standard InChI is InChI=1S/C18H21F9O/c1-11(2)9-12-5-7-13(8-6-12)14(3,28-4)10-15(19,20)16(21,22)17(23,24)18(25,26)27/h5-8,11H,9-10H2,1-4H3. The first-order chi connectivity index (χ1) is 12.4. The summed E-state index contributed by atoms with van der Waals surface area (Å²) in [6.07, 6.45) is -8.30. The van der Waals surface area contributed by atoms with E-state index < -0.39 is 36.0 Å². The Hall–Kier alpha value is -1.45. The maximum Gasteiger partial charge on any atom is 0.460 e. The first-order valence-corrected chi connectivity index (χ1v) is 8.26. The van der Waals surface area contributed by atoms with Gasteiger partial charge in [-0.15, -0.1) is 0 Å². The lowest BCUT2D eigenvalue weighted by Crippen LogP contribution is -2.62. The molecule has 162 valence electrons. The summed E-state index contributed by atoms with van der Waals surface area (Å²) in [7, 11) is 0.873. The van der Waals surface area contributed by atoms with Crippen LogP contribution < -0.4 is 0 Å². The Morgan fingerprint density at radius 3 is 1.64 bits per heavy atom. The Labute approximate surface area is 156 Å². The van der Waals surface area contributed by atoms with Gasteiger partial charge in [-0.05, 0) is 30.4 Å². The van der Waals surface area contributed by atoms with E-state index in [1.165, 1.54) is 24.3 Å². The summed E-state index contributed by atoms with van der Waals surface area (Å²) in [5.74, 6) is -19.0. The fourth-order valence-electron chi connectivity index (χ4n) is 2.70. The monoisotopic (exact) mass is 424 g/mol. The van der Waals surface area contributed by atoms with Gasteiger partial charge in [0.25, 0.3) is 0 Å². The summed E-state index contributed by atoms with van der Waals surface area (Å²) in [6.45, 7) is 4.77. The summed E-state index contributed by atoms with van der Waals surface area (Å²) in [5, 5.41) is 0. The van der Waals surface area contributed by atoms with E-state index in [2.05, 4.69) is 0 Å². The smallest absolute Gasteiger partial charge is 0.374 e. The van der Waals surface area contributed by atoms with Crippen molar-refractivity contribution in [2.45, 2.75) is 63.2 Å². The minimum Gasteiger partial charge on any atom is -0.374 e. The Kier molecular flexibility index (Phi) is 6.81. The lowest BCUT2D eigenvalue weighted by Gasteiger charge is -2.38. The van der Waals surface area contributed by atoms with E-state index in [0.717, 1.165) is 19.6 Å². The highest BCUT2D eigenvalue weighted by Gasteiger charge is 2.82. The van der Waals surface area contributed by atoms with Gasteiger partial charge >= 0.3 is 23.9 Å². The highest BCUT2D eigenvalue weighted by Crippen LogP contribution is 2.56. The second kappa shape index (κ2) is 7.76. The van der Waals surface area contributed by atoms with Crippen LogP contribution in [0.25, 0.3) is 0 Å². The Balaban J connectivity index is 3.25. The van der Waals surface area contributed by atoms with Crippen molar-refractivity contribution in [1.29, 1.82) is 0 Å². The second-order valence-electron chi connectivity index (χ2n) is 7.26. The van der Waals surface area contributed by atoms with Crippen molar-refractivity contribution in [3.05, 3.63) is 35.4 Å². The van der Waals surface area contributed by atoms with E-state index in [1.54, 1.807) is 0 Å². The topological polar surface area (TPSA) is 9.23 Å². The number of methoxy groups -OCH3 is 1. The molecule has 0 aliphatic heterocycles. The van der Waals surface area contributed by atoms with Gasteiger partial charge in [-0.25, -0.2) is 0 Å². The summed E-state index contributed by atoms with van der Waals surface area (Å²) in [4.78, 5) is 0. The van der Waals surface area contributed by atoms with Crippen molar-refractivity contribution < 1.29 is 44.3 Å². The molecule has 0 saturated carbocycles. The highest BCUT2D eigenvalue weighted by molar-refractivity contribution is 5.28. The Bertz CT molecular complexity index is 650. The number of ether oxygens (including phenoxy) is 1. The normalized spacial score (nSPS) is 16.4. The zero-order chi connectivity index (χ0) is 22.2. The molecule has 1 atom stereocenters. The predicted octanol–water partition coefficient (Wildman–Crippen LogP) is 6.61. The molecular weight excluding hydrogens is 403 g/mol. The SMILES string of the molecule is COC(C)(CC(F)(F)C(F)(F)C(F)(F)C(F)(F)F)c1ccc(CC(C)C)cc1. The number of hydrogen-bond donors (Lipinski definition) is 0. The zero-order valence-electron chi connectivity index (χ0n) is 15.6. The van der Waals surface area contributed by atoms with Crippen LogP contribution in [0.3, 0.4) is 0 Å². The average molecular weight is 424 g/mol. The molecule has 0 aromatic heterocycles. The van der Waals surface area contributed by atoms with Crippen LogP contribution in [-0.2, 0) is 16.8 Å². The molecule has 0 saturated heterocycles. The molecule has 1 aromatic rings. The van der Waals surface area contributed by atoms with Gasteiger partial charge in [0, 0.05) is 7.11 Å². The molecule has 10 heteroatoms. The summed E-state index contributed by atoms with van der Waals surface area (Å²) < 4.78 is 123. The van der Waals surface area contributed by atoms with Gasteiger partial charge in [0.05, 0.1) is 12.0 Å². The minimum absolute atomic E-state index is 0.0618. The Morgan fingerprint density at radius 2 is 1.29 bits per heavy atom. The molecule has 1 nitrogen and oxygen atoms in total. The van der Waals surface area contributed by atoms with E-state index in [0.29, 0.717) is 6.42 Å². The molecule has 1 aromatic carbocycles. The van der Waals surface area contributed by atoms with Crippen LogP contribution >= 0.6 is 0 Å². The Morgan fingerprint density at radius 1 is 0.821 bits per heavy atom. The van der Waals surface area contributed by atoms with Gasteiger partial charge < -0.3 is 4.74 Å². The molecule has 0 heterocycles. The maximum atomic E-state index is 14.0. The number of benzene rings is 1. The van der Waals surface area contributed by atoms with Gasteiger partial charge in [0.15, 0.2) is 0 Å². The third-order valence-electron chi connectivity index (χ3n) is 4.43. The van der Waals surface area contributed by atoms with Gasteiger partial charge in [-0.3, -0.25) is 0 Å². The maximum absolute atomic E-state index is 14.0. The molecule has 28 heavy (non-hydrogen) atoms. The summed E-state index contributed by atoms with van der Waals surface area (Å²) in [6, 6.07) is 5.62. The van der Waals surface area contributed by atoms with Gasteiger partial charge in [-0.1, -0.05) is 38.1 Å². The van der Waals surface area contributed by atoms with Gasteiger partial charge in [0.1, 0.15) is 0 Å². The van der Waals surface area contributed by atoms with Crippen molar-refractivity contribution in [2.24, 2.45) is 5.92 Å². The molecule has 1 rings (SSSR count). The van der Waals surface area contributed by atoms with E-state index in [1.807, 2.05) is 13.8 Å². The van der Waals surface area contributed by atoms with Crippen LogP contribution in [0.5, 0.6) is 0 Å². The first kappa shape index (κ1) is 24.6. The van der Waals surface area contributed by atoms with Crippen LogP contribution in [0.1, 0.15) is 38.3 Å². The van der Waals surface area contributed by atoms with E-state index in [9.17, 15) is 39.5 Å². The third-order valence-corrected chi connectivity index (χ3v) is 4.43. The number of rotatable bonds is 8. The molecule has 0 radical (unpaired) electrons. The number of halogens is 9. The largest absolute Gasteiger partial charge is 0.460 e. The van der Waals surface area contributed by atoms with Crippen molar-refractivity contribution in [3.8, 4) is 0 Å². The lowest BCUT2D eigenvalue weighted by atomic mass is 9.85. The van der Waals surface area contributed by atoms with E-state index in [4.69, 9.17) is 4.74 Å². The van der Waals surface area contributed by atoms with Crippen LogP contribution in [-0.4, -0.2) is 31.1 Å². The van der Waals surface area contributed by atoms with E-state index in [-0.39, 0.29) is 11.5 Å².